The van der Waals surface area contributed by atoms with E-state index in [0.29, 0.717) is 0 Å². The molecule has 1 nitrogen and oxygen atoms in total. The van der Waals surface area contributed by atoms with Crippen LogP contribution in [-0.2, 0) is 0 Å². The summed E-state index contributed by atoms with van der Waals surface area (Å²) in [4.78, 5) is 0. The summed E-state index contributed by atoms with van der Waals surface area (Å²) in [7, 11) is 0. The van der Waals surface area contributed by atoms with Crippen LogP contribution < -0.4 is 0 Å². The monoisotopic (exact) mass is 404 g/mol. The predicted octanol–water partition coefficient (Wildman–Crippen LogP) is 1.83. The third-order valence-corrected chi connectivity index (χ3v) is 10.6. The zero-order valence-electron chi connectivity index (χ0n) is 3.50. The molecule has 0 saturated carbocycles. The molecule has 0 aliphatic rings. The summed E-state index contributed by atoms with van der Waals surface area (Å²) in [6.45, 7) is 0.262. The van der Waals surface area contributed by atoms with Gasteiger partial charge in [0.05, 0.1) is 0 Å². The molecule has 0 aliphatic heterocycles. The SMILES string of the molecule is OC[CH2][SbH]([Br])([Br])[Br]. The van der Waals surface area contributed by atoms with Gasteiger partial charge in [0.2, 0.25) is 0 Å². The van der Waals surface area contributed by atoms with Crippen molar-refractivity contribution in [2.75, 3.05) is 6.61 Å². The molecule has 1 N–H and O–H groups in total. The summed E-state index contributed by atoms with van der Waals surface area (Å²) in [5.41, 5.74) is 0. The van der Waals surface area contributed by atoms with E-state index < -0.39 is 12.1 Å². The molecule has 7 heavy (non-hydrogen) atoms. The van der Waals surface area contributed by atoms with E-state index in [1.165, 1.54) is 0 Å². The molecule has 0 heterocycles. The molecule has 0 bridgehead atoms. The third kappa shape index (κ3) is 8.22. The van der Waals surface area contributed by atoms with Gasteiger partial charge in [-0.1, -0.05) is 0 Å². The van der Waals surface area contributed by atoms with Crippen molar-refractivity contribution in [1.82, 2.24) is 0 Å². The van der Waals surface area contributed by atoms with E-state index in [-0.39, 0.29) is 6.61 Å². The van der Waals surface area contributed by atoms with E-state index in [9.17, 15) is 0 Å². The normalized spacial score (nSPS) is 14.3. The van der Waals surface area contributed by atoms with Gasteiger partial charge >= 0.3 is 65.9 Å². The molecule has 0 fully saturated rings. The molecule has 0 aromatic heterocycles. The number of hydrogen-bond acceptors (Lipinski definition) is 1. The van der Waals surface area contributed by atoms with Gasteiger partial charge in [-0.3, -0.25) is 0 Å². The van der Waals surface area contributed by atoms with Gasteiger partial charge in [0, 0.05) is 0 Å². The minimum absolute atomic E-state index is 0.262. The molecule has 0 amide bonds. The molecule has 0 spiro atoms. The average molecular weight is 408 g/mol. The zero-order chi connectivity index (χ0) is 5.91. The average Bonchev–Trinajstić information content (AvgIpc) is 1.30. The summed E-state index contributed by atoms with van der Waals surface area (Å²) in [5.74, 6) is 0. The van der Waals surface area contributed by atoms with Crippen LogP contribution in [0.1, 0.15) is 0 Å². The first-order valence-electron chi connectivity index (χ1n) is 1.74. The Hall–Kier alpha value is 2.22. The predicted molar refractivity (Wildman–Crippen MR) is 45.8 cm³/mol. The molecule has 46 valence electrons. The van der Waals surface area contributed by atoms with Crippen molar-refractivity contribution in [3.05, 3.63) is 0 Å². The Kier molecular flexibility index (Phi) is 5.40. The Labute approximate surface area is 64.9 Å². The Morgan fingerprint density at radius 2 is 1.71 bits per heavy atom. The molecule has 0 aliphatic carbocycles. The van der Waals surface area contributed by atoms with Crippen LogP contribution in [0, 0.1) is 0 Å². The summed E-state index contributed by atoms with van der Waals surface area (Å²) < 4.78 is 0.856. The van der Waals surface area contributed by atoms with E-state index in [2.05, 4.69) is 37.8 Å². The first-order chi connectivity index (χ1) is 3.06. The maximum atomic E-state index is 8.36. The number of halogens is 3. The molecule has 5 heteroatoms. The molecule has 0 rings (SSSR count). The van der Waals surface area contributed by atoms with Crippen molar-refractivity contribution in [3.63, 3.8) is 0 Å². The standard InChI is InChI=1S/C2H5O.3BrH.Sb.H/c1-2-3;;;;;/h3H,1-2H2;3*1H;;/q;;;;+3;/p-3. The van der Waals surface area contributed by atoms with Gasteiger partial charge in [-0.2, -0.15) is 0 Å². The Morgan fingerprint density at radius 3 is 1.71 bits per heavy atom. The van der Waals surface area contributed by atoms with Crippen molar-refractivity contribution in [2.24, 2.45) is 0 Å². The molecular weight excluding hydrogens is 401 g/mol. The van der Waals surface area contributed by atoms with E-state index >= 15 is 0 Å². The van der Waals surface area contributed by atoms with Crippen molar-refractivity contribution in [1.29, 1.82) is 0 Å². The topological polar surface area (TPSA) is 20.2 Å². The van der Waals surface area contributed by atoms with Crippen LogP contribution in [0.5, 0.6) is 0 Å². The van der Waals surface area contributed by atoms with Crippen LogP contribution in [0.25, 0.3) is 0 Å². The second-order valence-corrected chi connectivity index (χ2v) is 54.7. The van der Waals surface area contributed by atoms with E-state index in [1.54, 1.807) is 0 Å². The van der Waals surface area contributed by atoms with Crippen LogP contribution >= 0.6 is 37.8 Å². The molecule has 0 aromatic carbocycles. The number of aliphatic hydroxyl groups is 1. The van der Waals surface area contributed by atoms with Crippen LogP contribution in [-0.4, -0.2) is 23.8 Å². The second kappa shape index (κ2) is 4.10. The van der Waals surface area contributed by atoms with E-state index in [1.807, 2.05) is 0 Å². The summed E-state index contributed by atoms with van der Waals surface area (Å²) in [5, 5.41) is 8.36. The van der Waals surface area contributed by atoms with Crippen LogP contribution in [0.2, 0.25) is 4.37 Å². The summed E-state index contributed by atoms with van der Waals surface area (Å²) >= 11 is 8.18. The van der Waals surface area contributed by atoms with Crippen molar-refractivity contribution < 1.29 is 5.11 Å². The molecule has 0 atom stereocenters. The van der Waals surface area contributed by atoms with Gasteiger partial charge in [-0.05, 0) is 0 Å². The fraction of sp³-hybridized carbons (Fsp3) is 1.00. The molecular formula is C2H6Br3OSb. The summed E-state index contributed by atoms with van der Waals surface area (Å²) in [6.07, 6.45) is 0. The quantitative estimate of drug-likeness (QED) is 0.693. The second-order valence-electron chi connectivity index (χ2n) is 1.09. The number of aliphatic hydroxyl groups excluding tert-OH is 1. The van der Waals surface area contributed by atoms with Crippen molar-refractivity contribution >= 4 is 49.8 Å². The first-order valence-corrected chi connectivity index (χ1v) is 22.9. The Morgan fingerprint density at radius 1 is 1.29 bits per heavy atom. The van der Waals surface area contributed by atoms with Crippen molar-refractivity contribution in [2.45, 2.75) is 4.37 Å². The molecule has 0 aromatic rings. The zero-order valence-corrected chi connectivity index (χ0v) is 11.1. The van der Waals surface area contributed by atoms with Gasteiger partial charge in [0.1, 0.15) is 0 Å². The fourth-order valence-corrected chi connectivity index (χ4v) is 4.42. The fourth-order valence-electron chi connectivity index (χ4n) is 0.127. The molecule has 0 unspecified atom stereocenters. The summed E-state index contributed by atoms with van der Waals surface area (Å²) in [6, 6.07) is 0. The van der Waals surface area contributed by atoms with Gasteiger partial charge < -0.3 is 0 Å². The van der Waals surface area contributed by atoms with Gasteiger partial charge in [-0.25, -0.2) is 0 Å². The number of hydrogen-bond donors (Lipinski definition) is 1. The van der Waals surface area contributed by atoms with Gasteiger partial charge in [0.25, 0.3) is 0 Å². The maximum absolute atomic E-state index is 8.36. The Balaban J connectivity index is 3.15. The van der Waals surface area contributed by atoms with Gasteiger partial charge in [-0.15, -0.1) is 0 Å². The molecule has 0 saturated heterocycles. The molecule has 0 radical (unpaired) electrons. The van der Waals surface area contributed by atoms with Crippen LogP contribution in [0.4, 0.5) is 0 Å². The first kappa shape index (κ1) is 9.22. The van der Waals surface area contributed by atoms with Crippen LogP contribution in [0.15, 0.2) is 0 Å². The minimum atomic E-state index is -2.09. The van der Waals surface area contributed by atoms with Crippen molar-refractivity contribution in [3.8, 4) is 0 Å². The van der Waals surface area contributed by atoms with E-state index in [0.717, 1.165) is 4.37 Å². The van der Waals surface area contributed by atoms with Crippen LogP contribution in [0.3, 0.4) is 0 Å². The Bertz CT molecular complexity index is 51.4. The number of rotatable bonds is 2. The van der Waals surface area contributed by atoms with Gasteiger partial charge in [0.15, 0.2) is 0 Å². The van der Waals surface area contributed by atoms with E-state index in [4.69, 9.17) is 5.11 Å². The third-order valence-electron chi connectivity index (χ3n) is 0.395.